The molecule has 90 valence electrons. The van der Waals surface area contributed by atoms with Crippen LogP contribution >= 0.6 is 27.5 Å². The van der Waals surface area contributed by atoms with Gasteiger partial charge in [0.05, 0.1) is 16.4 Å². The van der Waals surface area contributed by atoms with Crippen molar-refractivity contribution < 1.29 is 0 Å². The predicted octanol–water partition coefficient (Wildman–Crippen LogP) is 4.10. The van der Waals surface area contributed by atoms with Gasteiger partial charge in [-0.2, -0.15) is 5.10 Å². The van der Waals surface area contributed by atoms with Gasteiger partial charge in [-0.15, -0.1) is 11.6 Å². The summed E-state index contributed by atoms with van der Waals surface area (Å²) in [4.78, 5) is 0. The smallest absolute Gasteiger partial charge is 0.0635 e. The molecule has 0 amide bonds. The summed E-state index contributed by atoms with van der Waals surface area (Å²) in [5.41, 5.74) is 1.52. The summed E-state index contributed by atoms with van der Waals surface area (Å²) in [6.07, 6.45) is 6.36. The summed E-state index contributed by atoms with van der Waals surface area (Å²) in [7, 11) is 0. The molecule has 1 aliphatic rings. The highest BCUT2D eigenvalue weighted by atomic mass is 79.9. The Bertz CT molecular complexity index is 377. The van der Waals surface area contributed by atoms with E-state index in [4.69, 9.17) is 11.6 Å². The van der Waals surface area contributed by atoms with Crippen LogP contribution in [0.4, 0.5) is 0 Å². The zero-order chi connectivity index (χ0) is 11.8. The Labute approximate surface area is 110 Å². The van der Waals surface area contributed by atoms with Crippen LogP contribution in [0.5, 0.6) is 0 Å². The molecule has 1 saturated carbocycles. The second-order valence-corrected chi connectivity index (χ2v) is 6.44. The molecule has 1 fully saturated rings. The van der Waals surface area contributed by atoms with Gasteiger partial charge in [-0.1, -0.05) is 13.8 Å². The summed E-state index contributed by atoms with van der Waals surface area (Å²) in [5.74, 6) is 0. The molecule has 0 bridgehead atoms. The van der Waals surface area contributed by atoms with Gasteiger partial charge >= 0.3 is 0 Å². The Balaban J connectivity index is 2.34. The number of hydrogen-bond acceptors (Lipinski definition) is 1. The largest absolute Gasteiger partial charge is 0.268 e. The fraction of sp³-hybridized carbons (Fsp3) is 0.750. The van der Waals surface area contributed by atoms with Crippen molar-refractivity contribution in [3.63, 3.8) is 0 Å². The minimum Gasteiger partial charge on any atom is -0.268 e. The summed E-state index contributed by atoms with van der Waals surface area (Å²) >= 11 is 9.88. The summed E-state index contributed by atoms with van der Waals surface area (Å²) in [6, 6.07) is 0. The molecule has 1 aromatic heterocycles. The first-order valence-corrected chi connectivity index (χ1v) is 7.15. The van der Waals surface area contributed by atoms with Crippen molar-refractivity contribution in [3.8, 4) is 0 Å². The summed E-state index contributed by atoms with van der Waals surface area (Å²) in [5, 5.41) is 4.77. The van der Waals surface area contributed by atoms with Crippen molar-refractivity contribution in [2.45, 2.75) is 56.9 Å². The van der Waals surface area contributed by atoms with Crippen molar-refractivity contribution >= 4 is 27.5 Å². The third kappa shape index (κ3) is 2.17. The highest BCUT2D eigenvalue weighted by Gasteiger charge is 2.39. The molecule has 1 aromatic rings. The predicted molar refractivity (Wildman–Crippen MR) is 71.1 cm³/mol. The molecule has 0 saturated heterocycles. The number of halogens is 2. The van der Waals surface area contributed by atoms with Crippen LogP contribution in [0.2, 0.25) is 0 Å². The molecule has 0 aliphatic heterocycles. The second kappa shape index (κ2) is 4.69. The molecule has 2 rings (SSSR count). The monoisotopic (exact) mass is 304 g/mol. The molecule has 2 atom stereocenters. The fourth-order valence-electron chi connectivity index (χ4n) is 2.73. The average Bonchev–Trinajstić information content (AvgIpc) is 2.73. The molecule has 1 heterocycles. The Hall–Kier alpha value is -0.0200. The highest BCUT2D eigenvalue weighted by molar-refractivity contribution is 9.10. The van der Waals surface area contributed by atoms with Crippen LogP contribution in [-0.2, 0) is 12.0 Å². The molecular formula is C12H18BrClN2. The van der Waals surface area contributed by atoms with Crippen molar-refractivity contribution in [2.24, 2.45) is 0 Å². The molecule has 2 unspecified atom stereocenters. The Kier molecular flexibility index (Phi) is 3.65. The van der Waals surface area contributed by atoms with Crippen LogP contribution in [-0.4, -0.2) is 15.2 Å². The minimum atomic E-state index is 0.191. The maximum Gasteiger partial charge on any atom is 0.0635 e. The Morgan fingerprint density at radius 1 is 1.69 bits per heavy atom. The first-order chi connectivity index (χ1) is 7.57. The quantitative estimate of drug-likeness (QED) is 0.769. The summed E-state index contributed by atoms with van der Waals surface area (Å²) in [6.45, 7) is 5.48. The topological polar surface area (TPSA) is 17.8 Å². The number of aryl methyl sites for hydroxylation is 1. The zero-order valence-electron chi connectivity index (χ0n) is 9.84. The lowest BCUT2D eigenvalue weighted by atomic mass is 9.85. The van der Waals surface area contributed by atoms with Gasteiger partial charge in [0.25, 0.3) is 0 Å². The molecule has 16 heavy (non-hydrogen) atoms. The Morgan fingerprint density at radius 2 is 2.44 bits per heavy atom. The van der Waals surface area contributed by atoms with E-state index in [1.807, 2.05) is 6.20 Å². The van der Waals surface area contributed by atoms with E-state index in [1.54, 1.807) is 0 Å². The molecule has 0 radical (unpaired) electrons. The van der Waals surface area contributed by atoms with Crippen LogP contribution in [0, 0.1) is 0 Å². The van der Waals surface area contributed by atoms with E-state index < -0.39 is 0 Å². The van der Waals surface area contributed by atoms with E-state index in [9.17, 15) is 0 Å². The van der Waals surface area contributed by atoms with E-state index in [2.05, 4.69) is 39.6 Å². The maximum absolute atomic E-state index is 6.25. The number of hydrogen-bond donors (Lipinski definition) is 0. The number of alkyl halides is 1. The number of aromatic nitrogens is 2. The molecule has 0 N–H and O–H groups in total. The summed E-state index contributed by atoms with van der Waals surface area (Å²) < 4.78 is 3.27. The molecule has 0 spiro atoms. The van der Waals surface area contributed by atoms with Crippen LogP contribution < -0.4 is 0 Å². The zero-order valence-corrected chi connectivity index (χ0v) is 12.2. The van der Waals surface area contributed by atoms with E-state index in [0.29, 0.717) is 5.38 Å². The second-order valence-electron chi connectivity index (χ2n) is 4.96. The third-order valence-electron chi connectivity index (χ3n) is 3.48. The maximum atomic E-state index is 6.25. The molecule has 1 aliphatic carbocycles. The lowest BCUT2D eigenvalue weighted by Gasteiger charge is -2.25. The lowest BCUT2D eigenvalue weighted by Crippen LogP contribution is -2.23. The van der Waals surface area contributed by atoms with Gasteiger partial charge in [0.1, 0.15) is 0 Å². The lowest BCUT2D eigenvalue weighted by molar-refractivity contribution is 0.425. The average molecular weight is 306 g/mol. The number of nitrogens with zero attached hydrogens (tertiary/aromatic N) is 2. The first-order valence-electron chi connectivity index (χ1n) is 5.92. The van der Waals surface area contributed by atoms with Gasteiger partial charge in [-0.25, -0.2) is 0 Å². The van der Waals surface area contributed by atoms with Gasteiger partial charge in [0.2, 0.25) is 0 Å². The molecular weight excluding hydrogens is 288 g/mol. The van der Waals surface area contributed by atoms with Crippen molar-refractivity contribution in [1.82, 2.24) is 9.78 Å². The van der Waals surface area contributed by atoms with Gasteiger partial charge in [0.15, 0.2) is 0 Å². The molecule has 0 aromatic carbocycles. The van der Waals surface area contributed by atoms with E-state index in [-0.39, 0.29) is 5.41 Å². The van der Waals surface area contributed by atoms with Crippen LogP contribution in [0.25, 0.3) is 0 Å². The molecule has 2 nitrogen and oxygen atoms in total. The van der Waals surface area contributed by atoms with Gasteiger partial charge in [0, 0.05) is 17.3 Å². The standard InChI is InChI=1S/C12H18BrClN2/c1-3-6-16-11(10(13)8-15-16)12(2)5-4-9(14)7-12/h8-9H,3-7H2,1-2H3. The van der Waals surface area contributed by atoms with Crippen molar-refractivity contribution in [3.05, 3.63) is 16.4 Å². The normalized spacial score (nSPS) is 29.9. The van der Waals surface area contributed by atoms with Crippen molar-refractivity contribution in [1.29, 1.82) is 0 Å². The fourth-order valence-corrected chi connectivity index (χ4v) is 3.95. The van der Waals surface area contributed by atoms with Crippen molar-refractivity contribution in [2.75, 3.05) is 0 Å². The van der Waals surface area contributed by atoms with Gasteiger partial charge < -0.3 is 0 Å². The molecule has 4 heteroatoms. The van der Waals surface area contributed by atoms with Crippen LogP contribution in [0.1, 0.15) is 45.2 Å². The minimum absolute atomic E-state index is 0.191. The SMILES string of the molecule is CCCn1ncc(Br)c1C1(C)CCC(Cl)C1. The van der Waals surface area contributed by atoms with E-state index in [0.717, 1.165) is 36.7 Å². The van der Waals surface area contributed by atoms with Gasteiger partial charge in [-0.3, -0.25) is 4.68 Å². The third-order valence-corrected chi connectivity index (χ3v) is 4.44. The van der Waals surface area contributed by atoms with Gasteiger partial charge in [-0.05, 0) is 41.6 Å². The van der Waals surface area contributed by atoms with E-state index >= 15 is 0 Å². The first kappa shape index (κ1) is 12.4. The van der Waals surface area contributed by atoms with Crippen LogP contribution in [0.15, 0.2) is 10.7 Å². The van der Waals surface area contributed by atoms with E-state index in [1.165, 1.54) is 5.69 Å². The number of rotatable bonds is 3. The highest BCUT2D eigenvalue weighted by Crippen LogP contribution is 2.45. The Morgan fingerprint density at radius 3 is 3.00 bits per heavy atom. The van der Waals surface area contributed by atoms with Crippen LogP contribution in [0.3, 0.4) is 0 Å².